The van der Waals surface area contributed by atoms with Crippen LogP contribution in [-0.4, -0.2) is 25.2 Å². The third kappa shape index (κ3) is 19.0. The lowest BCUT2D eigenvalue weighted by Crippen LogP contribution is -2.37. The number of carbonyl (C=O) groups is 1. The molecule has 0 aliphatic carbocycles. The summed E-state index contributed by atoms with van der Waals surface area (Å²) in [7, 11) is 0. The topological polar surface area (TPSA) is 38.3 Å². The van der Waals surface area contributed by atoms with Gasteiger partial charge in [0.05, 0.1) is 6.10 Å². The maximum Gasteiger partial charge on any atom is 0.471 e. The highest BCUT2D eigenvalue weighted by atomic mass is 19.4. The van der Waals surface area contributed by atoms with Crippen molar-refractivity contribution in [1.29, 1.82) is 0 Å². The van der Waals surface area contributed by atoms with Crippen molar-refractivity contribution in [3.63, 3.8) is 0 Å². The van der Waals surface area contributed by atoms with Crippen LogP contribution in [0.5, 0.6) is 0 Å². The summed E-state index contributed by atoms with van der Waals surface area (Å²) in [6.07, 6.45) is 14.7. The van der Waals surface area contributed by atoms with Gasteiger partial charge in [-0.2, -0.15) is 13.2 Å². The first-order valence-electron chi connectivity index (χ1n) is 11.7. The van der Waals surface area contributed by atoms with Crippen molar-refractivity contribution < 1.29 is 22.7 Å². The predicted molar refractivity (Wildman–Crippen MR) is 113 cm³/mol. The second-order valence-corrected chi connectivity index (χ2v) is 7.88. The molecule has 0 aromatic heterocycles. The van der Waals surface area contributed by atoms with Crippen LogP contribution < -0.4 is 5.32 Å². The molecule has 0 spiro atoms. The molecule has 1 N–H and O–H groups in total. The fourth-order valence-corrected chi connectivity index (χ4v) is 3.30. The van der Waals surface area contributed by atoms with Gasteiger partial charge in [-0.15, -0.1) is 0 Å². The first kappa shape index (κ1) is 28.2. The van der Waals surface area contributed by atoms with E-state index in [0.717, 1.165) is 31.8 Å². The van der Waals surface area contributed by atoms with Gasteiger partial charge >= 0.3 is 12.1 Å². The Morgan fingerprint density at radius 1 is 0.724 bits per heavy atom. The lowest BCUT2D eigenvalue weighted by Gasteiger charge is -2.17. The third-order valence-electron chi connectivity index (χ3n) is 5.03. The number of nitrogens with one attached hydrogen (secondary N) is 1. The standard InChI is InChI=1S/C23H43F3NO2/c1-3-5-6-7-8-9-10-11-12-13-14-15-16-20-29-21(17-4-2)18-19-27-22(28)23(24,25)26/h3-20H2,1-2H3,(H,27,28). The summed E-state index contributed by atoms with van der Waals surface area (Å²) in [6.45, 7) is 4.83. The van der Waals surface area contributed by atoms with E-state index in [4.69, 9.17) is 4.74 Å². The SMILES string of the molecule is CCCCCCCCCCCCCCCO[C](CCC)CCNC(=O)C(F)(F)F. The van der Waals surface area contributed by atoms with Crippen LogP contribution in [0.4, 0.5) is 13.2 Å². The molecule has 0 aliphatic heterocycles. The third-order valence-corrected chi connectivity index (χ3v) is 5.03. The van der Waals surface area contributed by atoms with E-state index in [1.165, 1.54) is 70.6 Å². The van der Waals surface area contributed by atoms with E-state index >= 15 is 0 Å². The van der Waals surface area contributed by atoms with Crippen molar-refractivity contribution in [1.82, 2.24) is 5.32 Å². The van der Waals surface area contributed by atoms with E-state index in [1.54, 1.807) is 0 Å². The van der Waals surface area contributed by atoms with Gasteiger partial charge in [0, 0.05) is 13.2 Å². The molecule has 1 amide bonds. The van der Waals surface area contributed by atoms with E-state index in [2.05, 4.69) is 6.92 Å². The molecule has 173 valence electrons. The molecule has 0 atom stereocenters. The summed E-state index contributed by atoms with van der Waals surface area (Å²) in [5.74, 6) is -1.88. The Labute approximate surface area is 176 Å². The molecule has 0 bridgehead atoms. The zero-order valence-electron chi connectivity index (χ0n) is 18.7. The minimum Gasteiger partial charge on any atom is -0.372 e. The number of carbonyl (C=O) groups excluding carboxylic acids is 1. The average Bonchev–Trinajstić information content (AvgIpc) is 2.67. The Morgan fingerprint density at radius 2 is 1.21 bits per heavy atom. The quantitative estimate of drug-likeness (QED) is 0.206. The van der Waals surface area contributed by atoms with Gasteiger partial charge in [0.25, 0.3) is 0 Å². The van der Waals surface area contributed by atoms with Crippen LogP contribution in [0.15, 0.2) is 0 Å². The molecule has 0 aromatic carbocycles. The molecule has 29 heavy (non-hydrogen) atoms. The Morgan fingerprint density at radius 3 is 1.66 bits per heavy atom. The average molecular weight is 423 g/mol. The van der Waals surface area contributed by atoms with Crippen molar-refractivity contribution in [3.05, 3.63) is 6.10 Å². The van der Waals surface area contributed by atoms with E-state index in [0.29, 0.717) is 13.0 Å². The van der Waals surface area contributed by atoms with E-state index < -0.39 is 12.1 Å². The lowest BCUT2D eigenvalue weighted by atomic mass is 10.0. The number of halogens is 3. The van der Waals surface area contributed by atoms with Gasteiger partial charge in [-0.1, -0.05) is 97.3 Å². The highest BCUT2D eigenvalue weighted by Crippen LogP contribution is 2.18. The number of hydrogen-bond acceptors (Lipinski definition) is 2. The maximum absolute atomic E-state index is 12.2. The fourth-order valence-electron chi connectivity index (χ4n) is 3.30. The monoisotopic (exact) mass is 422 g/mol. The summed E-state index contributed by atoms with van der Waals surface area (Å²) in [5, 5.41) is 1.90. The van der Waals surface area contributed by atoms with Crippen LogP contribution in [-0.2, 0) is 9.53 Å². The van der Waals surface area contributed by atoms with Crippen LogP contribution in [0.2, 0.25) is 0 Å². The number of hydrogen-bond donors (Lipinski definition) is 1. The van der Waals surface area contributed by atoms with Crippen LogP contribution in [0.1, 0.15) is 117 Å². The maximum atomic E-state index is 12.2. The van der Waals surface area contributed by atoms with E-state index in [1.807, 2.05) is 12.2 Å². The van der Waals surface area contributed by atoms with Crippen molar-refractivity contribution in [2.45, 2.75) is 123 Å². The molecule has 0 heterocycles. The summed E-state index contributed by atoms with van der Waals surface area (Å²) in [4.78, 5) is 10.8. The highest BCUT2D eigenvalue weighted by Gasteiger charge is 2.38. The van der Waals surface area contributed by atoms with Gasteiger partial charge in [0.15, 0.2) is 0 Å². The molecule has 0 unspecified atom stereocenters. The highest BCUT2D eigenvalue weighted by molar-refractivity contribution is 5.81. The molecule has 3 nitrogen and oxygen atoms in total. The second-order valence-electron chi connectivity index (χ2n) is 7.88. The zero-order chi connectivity index (χ0) is 21.8. The minimum absolute atomic E-state index is 0.0354. The molecule has 0 saturated carbocycles. The van der Waals surface area contributed by atoms with Crippen LogP contribution in [0.3, 0.4) is 0 Å². The Balaban J connectivity index is 3.52. The van der Waals surface area contributed by atoms with Gasteiger partial charge in [0.1, 0.15) is 0 Å². The van der Waals surface area contributed by atoms with Crippen molar-refractivity contribution in [2.24, 2.45) is 0 Å². The minimum atomic E-state index is -4.82. The fraction of sp³-hybridized carbons (Fsp3) is 0.913. The number of rotatable bonds is 20. The van der Waals surface area contributed by atoms with Crippen molar-refractivity contribution in [2.75, 3.05) is 13.2 Å². The largest absolute Gasteiger partial charge is 0.471 e. The summed E-state index contributed by atoms with van der Waals surface area (Å²) < 4.78 is 42.2. The van der Waals surface area contributed by atoms with Crippen LogP contribution >= 0.6 is 0 Å². The molecular formula is C23H43F3NO2. The Hall–Kier alpha value is -0.780. The molecular weight excluding hydrogens is 379 g/mol. The van der Waals surface area contributed by atoms with Gasteiger partial charge in [0.2, 0.25) is 0 Å². The Bertz CT molecular complexity index is 376. The summed E-state index contributed by atoms with van der Waals surface area (Å²) in [5.41, 5.74) is 0. The first-order chi connectivity index (χ1) is 13.9. The number of amides is 1. The number of alkyl halides is 3. The van der Waals surface area contributed by atoms with Crippen molar-refractivity contribution in [3.8, 4) is 0 Å². The number of ether oxygens (including phenoxy) is 1. The summed E-state index contributed by atoms with van der Waals surface area (Å²) in [6, 6.07) is 0. The molecule has 0 rings (SSSR count). The van der Waals surface area contributed by atoms with E-state index in [9.17, 15) is 18.0 Å². The van der Waals surface area contributed by atoms with Crippen LogP contribution in [0, 0.1) is 6.10 Å². The molecule has 0 fully saturated rings. The normalized spacial score (nSPS) is 11.9. The van der Waals surface area contributed by atoms with Gasteiger partial charge in [-0.25, -0.2) is 0 Å². The lowest BCUT2D eigenvalue weighted by molar-refractivity contribution is -0.173. The first-order valence-corrected chi connectivity index (χ1v) is 11.7. The predicted octanol–water partition coefficient (Wildman–Crippen LogP) is 7.49. The number of unbranched alkanes of at least 4 members (excludes halogenated alkanes) is 12. The summed E-state index contributed by atoms with van der Waals surface area (Å²) >= 11 is 0. The molecule has 0 aromatic rings. The van der Waals surface area contributed by atoms with Crippen molar-refractivity contribution >= 4 is 5.91 Å². The molecule has 1 radical (unpaired) electrons. The zero-order valence-corrected chi connectivity index (χ0v) is 18.7. The smallest absolute Gasteiger partial charge is 0.372 e. The van der Waals surface area contributed by atoms with Crippen LogP contribution in [0.25, 0.3) is 0 Å². The molecule has 0 saturated heterocycles. The van der Waals surface area contributed by atoms with Gasteiger partial charge in [-0.05, 0) is 19.3 Å². The molecule has 0 aliphatic rings. The van der Waals surface area contributed by atoms with Gasteiger partial charge < -0.3 is 10.1 Å². The van der Waals surface area contributed by atoms with E-state index in [-0.39, 0.29) is 6.54 Å². The Kier molecular flexibility index (Phi) is 18.7. The van der Waals surface area contributed by atoms with Gasteiger partial charge in [-0.3, -0.25) is 4.79 Å². The second kappa shape index (κ2) is 19.2. The molecule has 6 heteroatoms.